The molecule has 0 bridgehead atoms. The SMILES string of the molecule is CN1CCN(C)C(C(=O)c2cnccn2)C1. The van der Waals surface area contributed by atoms with Crippen molar-refractivity contribution in [2.24, 2.45) is 0 Å². The molecule has 1 aromatic heterocycles. The normalized spacial score (nSPS) is 23.2. The van der Waals surface area contributed by atoms with Crippen molar-refractivity contribution in [3.05, 3.63) is 24.3 Å². The van der Waals surface area contributed by atoms with E-state index in [1.807, 2.05) is 14.1 Å². The largest absolute Gasteiger partial charge is 0.303 e. The average Bonchev–Trinajstić information content (AvgIpc) is 2.32. The molecule has 1 aliphatic heterocycles. The van der Waals surface area contributed by atoms with Gasteiger partial charge in [0.05, 0.1) is 12.2 Å². The van der Waals surface area contributed by atoms with Crippen molar-refractivity contribution in [1.82, 2.24) is 19.8 Å². The molecule has 1 atom stereocenters. The quantitative estimate of drug-likeness (QED) is 0.652. The molecule has 0 saturated carbocycles. The summed E-state index contributed by atoms with van der Waals surface area (Å²) in [6.07, 6.45) is 4.66. The maximum atomic E-state index is 12.2. The molecule has 1 aromatic rings. The Morgan fingerprint density at radius 2 is 2.19 bits per heavy atom. The van der Waals surface area contributed by atoms with Crippen molar-refractivity contribution in [2.75, 3.05) is 33.7 Å². The van der Waals surface area contributed by atoms with Gasteiger partial charge in [-0.25, -0.2) is 4.98 Å². The lowest BCUT2D eigenvalue weighted by Crippen LogP contribution is -2.53. The first-order valence-electron chi connectivity index (χ1n) is 5.37. The van der Waals surface area contributed by atoms with Crippen molar-refractivity contribution in [1.29, 1.82) is 0 Å². The zero-order valence-electron chi connectivity index (χ0n) is 9.63. The van der Waals surface area contributed by atoms with Crippen molar-refractivity contribution in [3.8, 4) is 0 Å². The Bertz CT molecular complexity index is 368. The predicted octanol–water partition coefficient (Wildman–Crippen LogP) is -0.0949. The van der Waals surface area contributed by atoms with Crippen molar-refractivity contribution in [2.45, 2.75) is 6.04 Å². The number of piperazine rings is 1. The minimum atomic E-state index is -0.101. The highest BCUT2D eigenvalue weighted by molar-refractivity contribution is 5.98. The minimum Gasteiger partial charge on any atom is -0.303 e. The Kier molecular flexibility index (Phi) is 3.26. The maximum Gasteiger partial charge on any atom is 0.201 e. The van der Waals surface area contributed by atoms with Gasteiger partial charge in [-0.2, -0.15) is 0 Å². The van der Waals surface area contributed by atoms with Crippen LogP contribution in [0.2, 0.25) is 0 Å². The molecule has 16 heavy (non-hydrogen) atoms. The third-order valence-corrected chi connectivity index (χ3v) is 2.97. The van der Waals surface area contributed by atoms with E-state index in [0.717, 1.165) is 19.6 Å². The molecule has 5 nitrogen and oxygen atoms in total. The monoisotopic (exact) mass is 220 g/mol. The first kappa shape index (κ1) is 11.2. The van der Waals surface area contributed by atoms with Gasteiger partial charge in [-0.3, -0.25) is 14.7 Å². The second kappa shape index (κ2) is 4.67. The van der Waals surface area contributed by atoms with Crippen LogP contribution in [0.25, 0.3) is 0 Å². The van der Waals surface area contributed by atoms with Crippen LogP contribution in [0.15, 0.2) is 18.6 Å². The molecule has 5 heteroatoms. The van der Waals surface area contributed by atoms with E-state index in [-0.39, 0.29) is 11.8 Å². The molecular formula is C11H16N4O. The van der Waals surface area contributed by atoms with Crippen LogP contribution in [0.1, 0.15) is 10.5 Å². The lowest BCUT2D eigenvalue weighted by molar-refractivity contribution is 0.0681. The highest BCUT2D eigenvalue weighted by Gasteiger charge is 2.29. The van der Waals surface area contributed by atoms with Crippen LogP contribution in [0.3, 0.4) is 0 Å². The second-order valence-electron chi connectivity index (χ2n) is 4.21. The highest BCUT2D eigenvalue weighted by atomic mass is 16.1. The third kappa shape index (κ3) is 2.25. The van der Waals surface area contributed by atoms with Crippen LogP contribution >= 0.6 is 0 Å². The summed E-state index contributed by atoms with van der Waals surface area (Å²) >= 11 is 0. The Morgan fingerprint density at radius 3 is 2.88 bits per heavy atom. The number of ketones is 1. The number of hydrogen-bond donors (Lipinski definition) is 0. The van der Waals surface area contributed by atoms with Gasteiger partial charge >= 0.3 is 0 Å². The van der Waals surface area contributed by atoms with E-state index in [9.17, 15) is 4.79 Å². The van der Waals surface area contributed by atoms with E-state index in [1.54, 1.807) is 12.4 Å². The van der Waals surface area contributed by atoms with Crippen LogP contribution in [-0.2, 0) is 0 Å². The van der Waals surface area contributed by atoms with Gasteiger partial charge in [0.15, 0.2) is 0 Å². The molecule has 1 fully saturated rings. The Balaban J connectivity index is 2.15. The topological polar surface area (TPSA) is 49.3 Å². The number of likely N-dealkylation sites (N-methyl/N-ethyl adjacent to an activating group) is 2. The Labute approximate surface area is 95.1 Å². The van der Waals surface area contributed by atoms with E-state index in [4.69, 9.17) is 0 Å². The molecule has 1 aliphatic rings. The van der Waals surface area contributed by atoms with Crippen LogP contribution in [0.4, 0.5) is 0 Å². The first-order chi connectivity index (χ1) is 7.68. The van der Waals surface area contributed by atoms with E-state index in [0.29, 0.717) is 5.69 Å². The van der Waals surface area contributed by atoms with Crippen LogP contribution in [0, 0.1) is 0 Å². The molecule has 1 unspecified atom stereocenters. The Morgan fingerprint density at radius 1 is 1.38 bits per heavy atom. The fourth-order valence-corrected chi connectivity index (χ4v) is 1.89. The predicted molar refractivity (Wildman–Crippen MR) is 60.3 cm³/mol. The number of nitrogens with zero attached hydrogens (tertiary/aromatic N) is 4. The van der Waals surface area contributed by atoms with E-state index < -0.39 is 0 Å². The number of Topliss-reactive ketones (excluding diaryl/α,β-unsaturated/α-hetero) is 1. The van der Waals surface area contributed by atoms with Crippen molar-refractivity contribution < 1.29 is 4.79 Å². The standard InChI is InChI=1S/C11H16N4O/c1-14-5-6-15(2)10(8-14)11(16)9-7-12-3-4-13-9/h3-4,7,10H,5-6,8H2,1-2H3. The molecule has 0 amide bonds. The van der Waals surface area contributed by atoms with Gasteiger partial charge < -0.3 is 4.90 Å². The van der Waals surface area contributed by atoms with Gasteiger partial charge in [0.25, 0.3) is 0 Å². The summed E-state index contributed by atoms with van der Waals surface area (Å²) in [5.74, 6) is 0.0575. The summed E-state index contributed by atoms with van der Waals surface area (Å²) in [6.45, 7) is 2.67. The molecule has 0 aliphatic carbocycles. The van der Waals surface area contributed by atoms with Crippen molar-refractivity contribution >= 4 is 5.78 Å². The van der Waals surface area contributed by atoms with E-state index in [1.165, 1.54) is 6.20 Å². The number of carbonyl (C=O) groups excluding carboxylic acids is 1. The Hall–Kier alpha value is -1.33. The molecular weight excluding hydrogens is 204 g/mol. The van der Waals surface area contributed by atoms with Gasteiger partial charge in [0, 0.05) is 32.0 Å². The number of rotatable bonds is 2. The van der Waals surface area contributed by atoms with Gasteiger partial charge in [0.1, 0.15) is 5.69 Å². The molecule has 2 rings (SSSR count). The average molecular weight is 220 g/mol. The number of hydrogen-bond acceptors (Lipinski definition) is 5. The summed E-state index contributed by atoms with van der Waals surface area (Å²) in [5, 5.41) is 0. The smallest absolute Gasteiger partial charge is 0.201 e. The maximum absolute atomic E-state index is 12.2. The van der Waals surface area contributed by atoms with Crippen LogP contribution in [-0.4, -0.2) is 65.3 Å². The number of carbonyl (C=O) groups is 1. The lowest BCUT2D eigenvalue weighted by atomic mass is 10.1. The summed E-state index contributed by atoms with van der Waals surface area (Å²) in [6, 6.07) is -0.101. The summed E-state index contributed by atoms with van der Waals surface area (Å²) in [4.78, 5) is 24.4. The molecule has 0 N–H and O–H groups in total. The molecule has 2 heterocycles. The van der Waals surface area contributed by atoms with Crippen LogP contribution in [0.5, 0.6) is 0 Å². The van der Waals surface area contributed by atoms with E-state index in [2.05, 4.69) is 19.8 Å². The van der Waals surface area contributed by atoms with E-state index >= 15 is 0 Å². The summed E-state index contributed by atoms with van der Waals surface area (Å²) in [7, 11) is 4.01. The lowest BCUT2D eigenvalue weighted by Gasteiger charge is -2.36. The molecule has 0 radical (unpaired) electrons. The van der Waals surface area contributed by atoms with Crippen molar-refractivity contribution in [3.63, 3.8) is 0 Å². The summed E-state index contributed by atoms with van der Waals surface area (Å²) in [5.41, 5.74) is 0.453. The van der Waals surface area contributed by atoms with Gasteiger partial charge in [0.2, 0.25) is 5.78 Å². The zero-order valence-corrected chi connectivity index (χ0v) is 9.63. The minimum absolute atomic E-state index is 0.0575. The fraction of sp³-hybridized carbons (Fsp3) is 0.545. The first-order valence-corrected chi connectivity index (χ1v) is 5.37. The molecule has 86 valence electrons. The summed E-state index contributed by atoms with van der Waals surface area (Å²) < 4.78 is 0. The van der Waals surface area contributed by atoms with Gasteiger partial charge in [-0.05, 0) is 14.1 Å². The third-order valence-electron chi connectivity index (χ3n) is 2.97. The molecule has 0 spiro atoms. The fourth-order valence-electron chi connectivity index (χ4n) is 1.89. The van der Waals surface area contributed by atoms with Gasteiger partial charge in [-0.15, -0.1) is 0 Å². The zero-order chi connectivity index (χ0) is 11.5. The second-order valence-corrected chi connectivity index (χ2v) is 4.21. The molecule has 1 saturated heterocycles. The highest BCUT2D eigenvalue weighted by Crippen LogP contribution is 2.10. The number of aromatic nitrogens is 2. The van der Waals surface area contributed by atoms with Gasteiger partial charge in [-0.1, -0.05) is 0 Å². The molecule has 0 aromatic carbocycles. The van der Waals surface area contributed by atoms with Crippen LogP contribution < -0.4 is 0 Å².